The quantitative estimate of drug-likeness (QED) is 0.165. The maximum absolute atomic E-state index is 11.7. The molecule has 0 saturated heterocycles. The Morgan fingerprint density at radius 1 is 0.480 bits per heavy atom. The minimum atomic E-state index is -0.207. The van der Waals surface area contributed by atoms with Gasteiger partial charge in [0, 0.05) is 62.8 Å². The van der Waals surface area contributed by atoms with E-state index in [0.717, 1.165) is 46.7 Å². The smallest absolute Gasteiger partial charge is 0.123 e. The Labute approximate surface area is 302 Å². The largest absolute Gasteiger partial charge is 0.507 e. The van der Waals surface area contributed by atoms with Gasteiger partial charge in [-0.05, 0) is 68.2 Å². The summed E-state index contributed by atoms with van der Waals surface area (Å²) in [6, 6.07) is 20.8. The molecule has 0 aliphatic rings. The van der Waals surface area contributed by atoms with Crippen LogP contribution in [-0.4, -0.2) is 43.1 Å². The molecule has 0 aliphatic heterocycles. The molecule has 0 atom stereocenters. The van der Waals surface area contributed by atoms with Crippen molar-refractivity contribution in [2.75, 3.05) is 13.1 Å². The van der Waals surface area contributed by atoms with Crippen molar-refractivity contribution in [1.82, 2.24) is 19.8 Å². The fourth-order valence-corrected chi connectivity index (χ4v) is 6.27. The molecule has 0 amide bonds. The van der Waals surface area contributed by atoms with Crippen molar-refractivity contribution in [3.63, 3.8) is 0 Å². The number of pyridine rings is 2. The third-order valence-corrected chi connectivity index (χ3v) is 9.47. The van der Waals surface area contributed by atoms with Gasteiger partial charge in [-0.25, -0.2) is 0 Å². The molecule has 2 heterocycles. The first kappa shape index (κ1) is 39.1. The number of hydrogen-bond acceptors (Lipinski definition) is 6. The Bertz CT molecular complexity index is 1580. The fourth-order valence-electron chi connectivity index (χ4n) is 6.27. The number of aromatic nitrogens is 2. The lowest BCUT2D eigenvalue weighted by Crippen LogP contribution is -2.35. The lowest BCUT2D eigenvalue weighted by atomic mass is 9.79. The van der Waals surface area contributed by atoms with Crippen molar-refractivity contribution >= 4 is 0 Å². The zero-order chi connectivity index (χ0) is 37.1. The predicted octanol–water partition coefficient (Wildman–Crippen LogP) is 9.78. The van der Waals surface area contributed by atoms with Gasteiger partial charge in [-0.3, -0.25) is 19.8 Å². The molecule has 2 N–H and O–H groups in total. The second-order valence-corrected chi connectivity index (χ2v) is 18.1. The first-order valence-corrected chi connectivity index (χ1v) is 18.1. The summed E-state index contributed by atoms with van der Waals surface area (Å²) in [5.41, 5.74) is 7.65. The summed E-state index contributed by atoms with van der Waals surface area (Å²) in [7, 11) is 0. The molecule has 2 aromatic heterocycles. The Morgan fingerprint density at radius 3 is 1.12 bits per heavy atom. The van der Waals surface area contributed by atoms with Crippen LogP contribution < -0.4 is 0 Å². The maximum atomic E-state index is 11.7. The Kier molecular flexibility index (Phi) is 11.9. The summed E-state index contributed by atoms with van der Waals surface area (Å²) in [6.45, 7) is 30.2. The van der Waals surface area contributed by atoms with Gasteiger partial charge in [-0.1, -0.05) is 119 Å². The molecule has 4 rings (SSSR count). The highest BCUT2D eigenvalue weighted by Gasteiger charge is 2.28. The van der Waals surface area contributed by atoms with E-state index in [1.54, 1.807) is 0 Å². The van der Waals surface area contributed by atoms with Crippen LogP contribution in [0.5, 0.6) is 11.5 Å². The molecule has 4 aromatic rings. The van der Waals surface area contributed by atoms with E-state index in [4.69, 9.17) is 0 Å². The van der Waals surface area contributed by atoms with Crippen LogP contribution in [0.15, 0.2) is 73.1 Å². The van der Waals surface area contributed by atoms with Gasteiger partial charge in [0.05, 0.1) is 11.4 Å². The molecule has 0 spiro atoms. The number of rotatable bonds is 11. The molecule has 0 bridgehead atoms. The van der Waals surface area contributed by atoms with Gasteiger partial charge in [-0.15, -0.1) is 0 Å². The van der Waals surface area contributed by atoms with Crippen LogP contribution in [0.25, 0.3) is 0 Å². The highest BCUT2D eigenvalue weighted by Crippen LogP contribution is 2.40. The van der Waals surface area contributed by atoms with E-state index >= 15 is 0 Å². The van der Waals surface area contributed by atoms with Crippen LogP contribution in [0.1, 0.15) is 128 Å². The predicted molar refractivity (Wildman–Crippen MR) is 208 cm³/mol. The van der Waals surface area contributed by atoms with Gasteiger partial charge >= 0.3 is 0 Å². The molecule has 0 saturated carbocycles. The summed E-state index contributed by atoms with van der Waals surface area (Å²) in [4.78, 5) is 14.1. The van der Waals surface area contributed by atoms with Crippen LogP contribution in [0.3, 0.4) is 0 Å². The Hall–Kier alpha value is -3.74. The third kappa shape index (κ3) is 10.4. The number of nitrogens with zero attached hydrogens (tertiary/aromatic N) is 4. The number of aromatic hydroxyl groups is 2. The highest BCUT2D eigenvalue weighted by atomic mass is 16.3. The van der Waals surface area contributed by atoms with Crippen molar-refractivity contribution in [2.24, 2.45) is 0 Å². The van der Waals surface area contributed by atoms with Crippen molar-refractivity contribution in [3.05, 3.63) is 118 Å². The molecule has 270 valence electrons. The van der Waals surface area contributed by atoms with Crippen molar-refractivity contribution in [2.45, 2.75) is 131 Å². The second kappa shape index (κ2) is 15.2. The van der Waals surface area contributed by atoms with E-state index in [-0.39, 0.29) is 21.7 Å². The van der Waals surface area contributed by atoms with Crippen LogP contribution in [0.4, 0.5) is 0 Å². The molecule has 6 heteroatoms. The molecule has 6 nitrogen and oxygen atoms in total. The zero-order valence-electron chi connectivity index (χ0n) is 32.9. The monoisotopic (exact) mass is 678 g/mol. The summed E-state index contributed by atoms with van der Waals surface area (Å²) in [6.07, 6.45) is 3.68. The average molecular weight is 679 g/mol. The SMILES string of the molecule is CC(C)(C)c1cc(CN(CCN(Cc2ccccn2)Cc2cc(C(C)(C)C)cc(C(C)(C)C)c2O)Cc2ccccn2)c(O)c(C(C)(C)C)c1. The zero-order valence-corrected chi connectivity index (χ0v) is 32.9. The van der Waals surface area contributed by atoms with Crippen LogP contribution in [0.2, 0.25) is 0 Å². The maximum Gasteiger partial charge on any atom is 0.123 e. The second-order valence-electron chi connectivity index (χ2n) is 18.1. The van der Waals surface area contributed by atoms with Crippen molar-refractivity contribution in [1.29, 1.82) is 0 Å². The van der Waals surface area contributed by atoms with E-state index < -0.39 is 0 Å². The van der Waals surface area contributed by atoms with Crippen LogP contribution >= 0.6 is 0 Å². The number of phenols is 2. The highest BCUT2D eigenvalue weighted by molar-refractivity contribution is 5.50. The van der Waals surface area contributed by atoms with Gasteiger partial charge in [0.2, 0.25) is 0 Å². The fraction of sp³-hybridized carbons (Fsp3) is 0.500. The minimum absolute atomic E-state index is 0.0662. The first-order valence-electron chi connectivity index (χ1n) is 18.1. The van der Waals surface area contributed by atoms with E-state index in [2.05, 4.69) is 139 Å². The Balaban J connectivity index is 1.74. The first-order chi connectivity index (χ1) is 23.1. The number of hydrogen-bond donors (Lipinski definition) is 2. The summed E-state index contributed by atoms with van der Waals surface area (Å²) < 4.78 is 0. The topological polar surface area (TPSA) is 72.7 Å². The molecular formula is C44H62N4O2. The molecule has 0 unspecified atom stereocenters. The van der Waals surface area contributed by atoms with E-state index in [1.807, 2.05) is 36.7 Å². The van der Waals surface area contributed by atoms with Crippen LogP contribution in [-0.2, 0) is 47.8 Å². The standard InChI is InChI=1S/C44H62N4O2/c1-41(2,3)33-23-31(39(49)37(25-33)43(7,8)9)27-47(29-35-17-13-15-19-45-35)21-22-48(30-36-18-14-16-20-46-36)28-32-24-34(42(4,5)6)26-38(40(32)50)44(10,11)12/h13-20,23-26,49-50H,21-22,27-30H2,1-12H3. The number of phenolic OH excluding ortho intramolecular Hbond substituents is 2. The molecule has 0 radical (unpaired) electrons. The van der Waals surface area contributed by atoms with Gasteiger partial charge in [0.1, 0.15) is 11.5 Å². The number of benzene rings is 2. The molecule has 50 heavy (non-hydrogen) atoms. The molecule has 0 aliphatic carbocycles. The van der Waals surface area contributed by atoms with Gasteiger partial charge in [-0.2, -0.15) is 0 Å². The van der Waals surface area contributed by atoms with Gasteiger partial charge < -0.3 is 10.2 Å². The van der Waals surface area contributed by atoms with Crippen molar-refractivity contribution in [3.8, 4) is 11.5 Å². The molecule has 0 fully saturated rings. The third-order valence-electron chi connectivity index (χ3n) is 9.47. The van der Waals surface area contributed by atoms with E-state index in [9.17, 15) is 10.2 Å². The van der Waals surface area contributed by atoms with Crippen LogP contribution in [0, 0.1) is 0 Å². The van der Waals surface area contributed by atoms with E-state index in [0.29, 0.717) is 37.7 Å². The minimum Gasteiger partial charge on any atom is -0.507 e. The molecule has 2 aromatic carbocycles. The summed E-state index contributed by atoms with van der Waals surface area (Å²) >= 11 is 0. The van der Waals surface area contributed by atoms with Crippen molar-refractivity contribution < 1.29 is 10.2 Å². The Morgan fingerprint density at radius 2 is 0.840 bits per heavy atom. The van der Waals surface area contributed by atoms with Gasteiger partial charge in [0.25, 0.3) is 0 Å². The summed E-state index contributed by atoms with van der Waals surface area (Å²) in [5, 5.41) is 23.4. The van der Waals surface area contributed by atoms with E-state index in [1.165, 1.54) is 11.1 Å². The molecular weight excluding hydrogens is 617 g/mol. The lowest BCUT2D eigenvalue weighted by molar-refractivity contribution is 0.178. The average Bonchev–Trinajstić information content (AvgIpc) is 3.00. The normalized spacial score (nSPS) is 13.0. The lowest BCUT2D eigenvalue weighted by Gasteiger charge is -2.32. The van der Waals surface area contributed by atoms with Gasteiger partial charge in [0.15, 0.2) is 0 Å². The summed E-state index contributed by atoms with van der Waals surface area (Å²) in [5.74, 6) is 0.751.